The summed E-state index contributed by atoms with van der Waals surface area (Å²) < 4.78 is 0. The van der Waals surface area contributed by atoms with Gasteiger partial charge in [0.05, 0.1) is 10.6 Å². The number of nitro benzene ring substituents is 1. The summed E-state index contributed by atoms with van der Waals surface area (Å²) in [6.45, 7) is 4.01. The molecule has 118 valence electrons. The zero-order valence-electron chi connectivity index (χ0n) is 12.1. The van der Waals surface area contributed by atoms with Crippen molar-refractivity contribution in [3.8, 4) is 11.3 Å². The highest BCUT2D eigenvalue weighted by Gasteiger charge is 2.18. The Kier molecular flexibility index (Phi) is 5.33. The van der Waals surface area contributed by atoms with Crippen molar-refractivity contribution >= 4 is 34.6 Å². The lowest BCUT2D eigenvalue weighted by molar-refractivity contribution is -0.384. The average Bonchev–Trinajstić information content (AvgIpc) is 2.98. The summed E-state index contributed by atoms with van der Waals surface area (Å²) in [5.74, 6) is 0. The standard InChI is InChI=1S/C14H16N4O2S.ClH/c1-16-5-7-17(8-6-16)14-15-13(10-21-14)11-3-2-4-12(9-11)18(19)20;/h2-4,9-10H,5-8H2,1H3;1H. The lowest BCUT2D eigenvalue weighted by Crippen LogP contribution is -2.44. The number of aromatic nitrogens is 1. The topological polar surface area (TPSA) is 62.5 Å². The highest BCUT2D eigenvalue weighted by Crippen LogP contribution is 2.29. The predicted octanol–water partition coefficient (Wildman–Crippen LogP) is 2.89. The number of nitro groups is 1. The minimum Gasteiger partial charge on any atom is -0.346 e. The molecule has 0 amide bonds. The molecule has 1 saturated heterocycles. The highest BCUT2D eigenvalue weighted by molar-refractivity contribution is 7.14. The Balaban J connectivity index is 0.00000176. The SMILES string of the molecule is CN1CCN(c2nc(-c3cccc([N+](=O)[O-])c3)cs2)CC1.Cl. The molecule has 0 spiro atoms. The monoisotopic (exact) mass is 340 g/mol. The second kappa shape index (κ2) is 7.04. The van der Waals surface area contributed by atoms with Crippen molar-refractivity contribution in [2.24, 2.45) is 0 Å². The van der Waals surface area contributed by atoms with Crippen LogP contribution < -0.4 is 4.90 Å². The maximum Gasteiger partial charge on any atom is 0.270 e. The van der Waals surface area contributed by atoms with E-state index in [9.17, 15) is 10.1 Å². The molecule has 8 heteroatoms. The fourth-order valence-corrected chi connectivity index (χ4v) is 3.21. The van der Waals surface area contributed by atoms with E-state index in [1.807, 2.05) is 11.4 Å². The molecule has 0 radical (unpaired) electrons. The van der Waals surface area contributed by atoms with E-state index in [0.717, 1.165) is 42.6 Å². The molecule has 1 aliphatic rings. The maximum absolute atomic E-state index is 10.8. The molecule has 0 bridgehead atoms. The maximum atomic E-state index is 10.8. The van der Waals surface area contributed by atoms with Gasteiger partial charge in [-0.2, -0.15) is 0 Å². The Morgan fingerprint density at radius 2 is 2.00 bits per heavy atom. The summed E-state index contributed by atoms with van der Waals surface area (Å²) in [5, 5.41) is 13.8. The van der Waals surface area contributed by atoms with Crippen LogP contribution in [0.4, 0.5) is 10.8 Å². The number of anilines is 1. The van der Waals surface area contributed by atoms with Gasteiger partial charge >= 0.3 is 0 Å². The fraction of sp³-hybridized carbons (Fsp3) is 0.357. The molecule has 0 aliphatic carbocycles. The largest absolute Gasteiger partial charge is 0.346 e. The van der Waals surface area contributed by atoms with Crippen LogP contribution in [0.3, 0.4) is 0 Å². The van der Waals surface area contributed by atoms with E-state index >= 15 is 0 Å². The molecule has 2 aromatic rings. The number of thiazole rings is 1. The second-order valence-corrected chi connectivity index (χ2v) is 5.95. The van der Waals surface area contributed by atoms with Gasteiger partial charge in [-0.05, 0) is 7.05 Å². The molecule has 6 nitrogen and oxygen atoms in total. The van der Waals surface area contributed by atoms with Crippen molar-refractivity contribution in [3.05, 3.63) is 39.8 Å². The van der Waals surface area contributed by atoms with E-state index in [2.05, 4.69) is 21.8 Å². The molecule has 0 atom stereocenters. The third-order valence-electron chi connectivity index (χ3n) is 3.62. The minimum absolute atomic E-state index is 0. The number of hydrogen-bond acceptors (Lipinski definition) is 6. The van der Waals surface area contributed by atoms with Gasteiger partial charge in [0, 0.05) is 49.3 Å². The van der Waals surface area contributed by atoms with Crippen molar-refractivity contribution in [2.45, 2.75) is 0 Å². The van der Waals surface area contributed by atoms with Crippen molar-refractivity contribution < 1.29 is 4.92 Å². The lowest BCUT2D eigenvalue weighted by Gasteiger charge is -2.32. The Labute approximate surface area is 138 Å². The Morgan fingerprint density at radius 3 is 2.68 bits per heavy atom. The molecule has 0 saturated carbocycles. The molecule has 2 heterocycles. The number of rotatable bonds is 3. The van der Waals surface area contributed by atoms with E-state index in [4.69, 9.17) is 0 Å². The Bertz CT molecular complexity index is 656. The van der Waals surface area contributed by atoms with Crippen molar-refractivity contribution in [1.82, 2.24) is 9.88 Å². The molecular formula is C14H17ClN4O2S. The normalized spacial score (nSPS) is 15.4. The molecule has 1 fully saturated rings. The first-order chi connectivity index (χ1) is 10.1. The molecule has 1 aliphatic heterocycles. The van der Waals surface area contributed by atoms with E-state index in [1.54, 1.807) is 23.5 Å². The number of piperazine rings is 1. The molecule has 0 unspecified atom stereocenters. The fourth-order valence-electron chi connectivity index (χ4n) is 2.32. The van der Waals surface area contributed by atoms with Gasteiger partial charge in [-0.1, -0.05) is 12.1 Å². The second-order valence-electron chi connectivity index (χ2n) is 5.11. The number of nitrogens with zero attached hydrogens (tertiary/aromatic N) is 4. The van der Waals surface area contributed by atoms with Crippen LogP contribution in [0.5, 0.6) is 0 Å². The van der Waals surface area contributed by atoms with Crippen LogP contribution in [0.25, 0.3) is 11.3 Å². The van der Waals surface area contributed by atoms with Gasteiger partial charge in [-0.15, -0.1) is 23.7 Å². The lowest BCUT2D eigenvalue weighted by atomic mass is 10.1. The third kappa shape index (κ3) is 3.55. The molecular weight excluding hydrogens is 324 g/mol. The van der Waals surface area contributed by atoms with Gasteiger partial charge in [-0.25, -0.2) is 4.98 Å². The quantitative estimate of drug-likeness (QED) is 0.635. The van der Waals surface area contributed by atoms with Gasteiger partial charge in [0.15, 0.2) is 5.13 Å². The van der Waals surface area contributed by atoms with E-state index in [1.165, 1.54) is 6.07 Å². The van der Waals surface area contributed by atoms with Crippen LogP contribution >= 0.6 is 23.7 Å². The van der Waals surface area contributed by atoms with Crippen molar-refractivity contribution in [3.63, 3.8) is 0 Å². The number of hydrogen-bond donors (Lipinski definition) is 0. The highest BCUT2D eigenvalue weighted by atomic mass is 35.5. The number of non-ortho nitro benzene ring substituents is 1. The van der Waals surface area contributed by atoms with E-state index in [-0.39, 0.29) is 23.0 Å². The molecule has 22 heavy (non-hydrogen) atoms. The summed E-state index contributed by atoms with van der Waals surface area (Å²) >= 11 is 1.59. The predicted molar refractivity (Wildman–Crippen MR) is 91.2 cm³/mol. The van der Waals surface area contributed by atoms with Gasteiger partial charge in [0.25, 0.3) is 5.69 Å². The Morgan fingerprint density at radius 1 is 1.27 bits per heavy atom. The summed E-state index contributed by atoms with van der Waals surface area (Å²) in [6.07, 6.45) is 0. The summed E-state index contributed by atoms with van der Waals surface area (Å²) in [4.78, 5) is 19.7. The van der Waals surface area contributed by atoms with Crippen LogP contribution in [0.15, 0.2) is 29.6 Å². The number of benzene rings is 1. The van der Waals surface area contributed by atoms with Gasteiger partial charge < -0.3 is 9.80 Å². The smallest absolute Gasteiger partial charge is 0.270 e. The van der Waals surface area contributed by atoms with E-state index < -0.39 is 0 Å². The van der Waals surface area contributed by atoms with Crippen LogP contribution in [0, 0.1) is 10.1 Å². The van der Waals surface area contributed by atoms with Gasteiger partial charge in [-0.3, -0.25) is 10.1 Å². The summed E-state index contributed by atoms with van der Waals surface area (Å²) in [5.41, 5.74) is 1.69. The third-order valence-corrected chi connectivity index (χ3v) is 4.52. The Hall–Kier alpha value is -1.70. The summed E-state index contributed by atoms with van der Waals surface area (Å²) in [6, 6.07) is 6.62. The zero-order chi connectivity index (χ0) is 14.8. The van der Waals surface area contributed by atoms with Gasteiger partial charge in [0.1, 0.15) is 0 Å². The minimum atomic E-state index is -0.378. The van der Waals surface area contributed by atoms with Crippen LogP contribution in [-0.2, 0) is 0 Å². The number of likely N-dealkylation sites (N-methyl/N-ethyl adjacent to an activating group) is 1. The van der Waals surface area contributed by atoms with Crippen LogP contribution in [-0.4, -0.2) is 48.0 Å². The zero-order valence-corrected chi connectivity index (χ0v) is 13.8. The molecule has 1 aromatic heterocycles. The molecule has 0 N–H and O–H groups in total. The number of halogens is 1. The van der Waals surface area contributed by atoms with Crippen LogP contribution in [0.1, 0.15) is 0 Å². The first-order valence-electron chi connectivity index (χ1n) is 6.77. The van der Waals surface area contributed by atoms with E-state index in [0.29, 0.717) is 0 Å². The van der Waals surface area contributed by atoms with Crippen LogP contribution in [0.2, 0.25) is 0 Å². The summed E-state index contributed by atoms with van der Waals surface area (Å²) in [7, 11) is 2.12. The van der Waals surface area contributed by atoms with Gasteiger partial charge in [0.2, 0.25) is 0 Å². The first kappa shape index (κ1) is 16.7. The molecule has 1 aromatic carbocycles. The average molecular weight is 341 g/mol. The molecule has 3 rings (SSSR count). The first-order valence-corrected chi connectivity index (χ1v) is 7.65. The van der Waals surface area contributed by atoms with Crippen molar-refractivity contribution in [1.29, 1.82) is 0 Å². The van der Waals surface area contributed by atoms with Crippen molar-refractivity contribution in [2.75, 3.05) is 38.1 Å².